The van der Waals surface area contributed by atoms with Crippen LogP contribution >= 0.6 is 22.9 Å². The zero-order chi connectivity index (χ0) is 31.9. The smallest absolute Gasteiger partial charge is 0.319 e. The van der Waals surface area contributed by atoms with Gasteiger partial charge in [0, 0.05) is 30.5 Å². The summed E-state index contributed by atoms with van der Waals surface area (Å²) in [5, 5.41) is 19.9. The lowest BCUT2D eigenvalue weighted by Crippen LogP contribution is -2.43. The summed E-state index contributed by atoms with van der Waals surface area (Å²) in [5.41, 5.74) is 6.16. The Morgan fingerprint density at radius 2 is 2.09 bits per heavy atom. The molecule has 6 heterocycles. The minimum atomic E-state index is -0.760. The van der Waals surface area contributed by atoms with Gasteiger partial charge in [0.25, 0.3) is 0 Å². The maximum Gasteiger partial charge on any atom is 0.319 e. The van der Waals surface area contributed by atoms with E-state index < -0.39 is 11.6 Å². The zero-order valence-electron chi connectivity index (χ0n) is 25.1. The number of hydrogen-bond acceptors (Lipinski definition) is 10. The monoisotopic (exact) mass is 661 g/mol. The average Bonchev–Trinajstić information content (AvgIpc) is 3.76. The minimum Gasteiger partial charge on any atom is -0.489 e. The van der Waals surface area contributed by atoms with Crippen molar-refractivity contribution in [3.8, 4) is 35.0 Å². The first-order chi connectivity index (χ1) is 22.2. The van der Waals surface area contributed by atoms with E-state index >= 15 is 4.39 Å². The van der Waals surface area contributed by atoms with Gasteiger partial charge in [0.1, 0.15) is 41.4 Å². The van der Waals surface area contributed by atoms with Gasteiger partial charge in [-0.25, -0.2) is 8.78 Å². The number of rotatable bonds is 5. The maximum absolute atomic E-state index is 17.1. The van der Waals surface area contributed by atoms with Crippen molar-refractivity contribution in [2.75, 3.05) is 43.5 Å². The van der Waals surface area contributed by atoms with Gasteiger partial charge in [-0.15, -0.1) is 11.3 Å². The molecule has 0 saturated carbocycles. The van der Waals surface area contributed by atoms with Crippen LogP contribution in [0.2, 0.25) is 5.02 Å². The van der Waals surface area contributed by atoms with Crippen molar-refractivity contribution in [3.63, 3.8) is 0 Å². The number of hydrogen-bond donors (Lipinski definition) is 1. The molecule has 0 radical (unpaired) electrons. The van der Waals surface area contributed by atoms with Gasteiger partial charge in [-0.3, -0.25) is 4.90 Å². The Balaban J connectivity index is 1.34. The van der Waals surface area contributed by atoms with Gasteiger partial charge in [0.15, 0.2) is 11.6 Å². The van der Waals surface area contributed by atoms with Crippen LogP contribution in [0.15, 0.2) is 12.1 Å². The highest BCUT2D eigenvalue weighted by atomic mass is 35.5. The van der Waals surface area contributed by atoms with Gasteiger partial charge < -0.3 is 20.1 Å². The first-order valence-corrected chi connectivity index (χ1v) is 16.7. The molecule has 4 aliphatic rings. The van der Waals surface area contributed by atoms with Crippen LogP contribution in [0.4, 0.5) is 19.6 Å². The van der Waals surface area contributed by atoms with E-state index in [1.807, 2.05) is 6.07 Å². The van der Waals surface area contributed by atoms with Gasteiger partial charge in [0.2, 0.25) is 0 Å². The first kappa shape index (κ1) is 29.4. The van der Waals surface area contributed by atoms with Crippen LogP contribution in [0.25, 0.3) is 32.1 Å². The second-order valence-corrected chi connectivity index (χ2v) is 14.5. The molecule has 2 aromatic heterocycles. The lowest BCUT2D eigenvalue weighted by Gasteiger charge is -2.31. The zero-order valence-corrected chi connectivity index (χ0v) is 26.6. The van der Waals surface area contributed by atoms with E-state index in [4.69, 9.17) is 31.8 Å². The van der Waals surface area contributed by atoms with Crippen LogP contribution in [-0.2, 0) is 0 Å². The predicted molar refractivity (Wildman–Crippen MR) is 172 cm³/mol. The lowest BCUT2D eigenvalue weighted by molar-refractivity contribution is 0.107. The number of thiophene rings is 1. The van der Waals surface area contributed by atoms with Gasteiger partial charge >= 0.3 is 6.01 Å². The van der Waals surface area contributed by atoms with Gasteiger partial charge in [-0.1, -0.05) is 24.6 Å². The molecule has 0 aliphatic carbocycles. The average molecular weight is 662 g/mol. The maximum atomic E-state index is 17.1. The number of anilines is 2. The van der Waals surface area contributed by atoms with Crippen molar-refractivity contribution in [1.82, 2.24) is 14.9 Å². The first-order valence-electron chi connectivity index (χ1n) is 15.5. The van der Waals surface area contributed by atoms with Crippen molar-refractivity contribution in [3.05, 3.63) is 34.4 Å². The molecular formula is C33H30ClF2N7O2S. The summed E-state index contributed by atoms with van der Waals surface area (Å²) in [6.07, 6.45) is 4.20. The number of nitrogens with two attached hydrogens (primary N) is 1. The Labute approximate surface area is 273 Å². The summed E-state index contributed by atoms with van der Waals surface area (Å²) in [6, 6.07) is 6.86. The van der Waals surface area contributed by atoms with Crippen molar-refractivity contribution >= 4 is 54.7 Å². The van der Waals surface area contributed by atoms with Crippen molar-refractivity contribution in [2.45, 2.75) is 50.6 Å². The van der Waals surface area contributed by atoms with E-state index in [1.165, 1.54) is 12.1 Å². The number of ether oxygens (including phenoxy) is 2. The SMILES string of the molecule is C[C@H]1CN2CCC[C@@]2(COc2nc3c4c(c(Cl)c(-c5ccc(F)c6sc(N)c(C#N)c56)c(F)c4n2)OCC2CC(CC#N)CN32)C1. The Hall–Kier alpha value is -3.97. The quantitative estimate of drug-likeness (QED) is 0.250. The summed E-state index contributed by atoms with van der Waals surface area (Å²) in [5.74, 6) is -0.0204. The summed E-state index contributed by atoms with van der Waals surface area (Å²) >= 11 is 7.95. The Kier molecular flexibility index (Phi) is 6.91. The van der Waals surface area contributed by atoms with Crippen LogP contribution < -0.4 is 20.1 Å². The second-order valence-electron chi connectivity index (χ2n) is 13.1. The molecular weight excluding hydrogens is 632 g/mol. The molecule has 236 valence electrons. The second kappa shape index (κ2) is 10.8. The number of halogens is 3. The molecule has 4 aliphatic heterocycles. The van der Waals surface area contributed by atoms with Crippen LogP contribution in [0.1, 0.15) is 44.6 Å². The number of aromatic nitrogens is 2. The highest BCUT2D eigenvalue weighted by Gasteiger charge is 2.48. The Morgan fingerprint density at radius 1 is 1.24 bits per heavy atom. The summed E-state index contributed by atoms with van der Waals surface area (Å²) in [7, 11) is 0. The molecule has 8 rings (SSSR count). The van der Waals surface area contributed by atoms with Crippen LogP contribution in [0, 0.1) is 46.1 Å². The summed E-state index contributed by atoms with van der Waals surface area (Å²) in [4.78, 5) is 14.1. The molecule has 2 aromatic carbocycles. The topological polar surface area (TPSA) is 124 Å². The van der Waals surface area contributed by atoms with E-state index in [1.54, 1.807) is 0 Å². The third-order valence-electron chi connectivity index (χ3n) is 10.2. The normalized spacial score (nSPS) is 25.3. The highest BCUT2D eigenvalue weighted by molar-refractivity contribution is 7.23. The van der Waals surface area contributed by atoms with Crippen LogP contribution in [-0.4, -0.2) is 59.3 Å². The fourth-order valence-corrected chi connectivity index (χ4v) is 9.58. The Morgan fingerprint density at radius 3 is 2.89 bits per heavy atom. The van der Waals surface area contributed by atoms with Crippen molar-refractivity contribution < 1.29 is 18.3 Å². The molecule has 9 nitrogen and oxygen atoms in total. The molecule has 46 heavy (non-hydrogen) atoms. The van der Waals surface area contributed by atoms with Crippen LogP contribution in [0.5, 0.6) is 11.8 Å². The van der Waals surface area contributed by atoms with Crippen LogP contribution in [0.3, 0.4) is 0 Å². The molecule has 0 bridgehead atoms. The summed E-state index contributed by atoms with van der Waals surface area (Å²) in [6.45, 7) is 5.45. The largest absolute Gasteiger partial charge is 0.489 e. The number of nitrogens with zero attached hydrogens (tertiary/aromatic N) is 6. The minimum absolute atomic E-state index is 0.0275. The third kappa shape index (κ3) is 4.30. The van der Waals surface area contributed by atoms with Crippen molar-refractivity contribution in [2.24, 2.45) is 11.8 Å². The number of fused-ring (bicyclic) bond motifs is 4. The van der Waals surface area contributed by atoms with Gasteiger partial charge in [-0.2, -0.15) is 20.5 Å². The highest BCUT2D eigenvalue weighted by Crippen LogP contribution is 2.52. The van der Waals surface area contributed by atoms with E-state index in [0.717, 1.165) is 43.7 Å². The fourth-order valence-electron chi connectivity index (χ4n) is 8.30. The Bertz CT molecular complexity index is 2030. The summed E-state index contributed by atoms with van der Waals surface area (Å²) < 4.78 is 44.9. The fraction of sp³-hybridized carbons (Fsp3) is 0.455. The molecule has 4 aromatic rings. The number of nitrogen functional groups attached to an aromatic ring is 1. The van der Waals surface area contributed by atoms with Gasteiger partial charge in [-0.05, 0) is 55.7 Å². The molecule has 13 heteroatoms. The van der Waals surface area contributed by atoms with E-state index in [9.17, 15) is 14.9 Å². The third-order valence-corrected chi connectivity index (χ3v) is 11.6. The molecule has 0 spiro atoms. The number of nitriles is 2. The van der Waals surface area contributed by atoms with Crippen molar-refractivity contribution in [1.29, 1.82) is 10.5 Å². The number of benzene rings is 2. The van der Waals surface area contributed by atoms with E-state index in [2.05, 4.69) is 27.8 Å². The molecule has 4 atom stereocenters. The molecule has 0 amide bonds. The molecule has 3 saturated heterocycles. The molecule has 2 unspecified atom stereocenters. The molecule has 3 fully saturated rings. The molecule has 2 N–H and O–H groups in total. The lowest BCUT2D eigenvalue weighted by atomic mass is 9.92. The van der Waals surface area contributed by atoms with Gasteiger partial charge in [0.05, 0.1) is 38.3 Å². The van der Waals surface area contributed by atoms with E-state index in [-0.39, 0.29) is 78.2 Å². The predicted octanol–water partition coefficient (Wildman–Crippen LogP) is 6.65. The standard InChI is InChI=1S/C33H30ClF2N7O2S/c1-16-10-33(6-2-8-42(33)12-16)15-45-32-40-27-24-28(44-14-18-9-17(5-7-37)13-43(18)31(24)41-32)25(34)23(26(27)36)19-3-4-21(35)29-22(19)20(11-38)30(39)46-29/h3-4,16-18H,2,5-6,8-10,12-15,39H2,1H3/t16-,17?,18?,33+/m1/s1. The van der Waals surface area contributed by atoms with E-state index in [0.29, 0.717) is 43.1 Å².